The van der Waals surface area contributed by atoms with Crippen molar-refractivity contribution in [2.24, 2.45) is 5.92 Å². The summed E-state index contributed by atoms with van der Waals surface area (Å²) in [6.45, 7) is 2.09. The normalized spacial score (nSPS) is 22.2. The van der Waals surface area contributed by atoms with E-state index in [1.807, 2.05) is 0 Å². The number of carbonyl (C=O) groups excluding carboxylic acids is 1. The second kappa shape index (κ2) is 5.57. The summed E-state index contributed by atoms with van der Waals surface area (Å²) in [6.07, 6.45) is 3.13. The van der Waals surface area contributed by atoms with E-state index in [1.165, 1.54) is 18.2 Å². The van der Waals surface area contributed by atoms with Crippen molar-refractivity contribution in [3.8, 4) is 0 Å². The number of hydrogen-bond acceptors (Lipinski definition) is 3. The minimum Gasteiger partial charge on any atom is -0.349 e. The summed E-state index contributed by atoms with van der Waals surface area (Å²) in [5.41, 5.74) is -0.0799. The minimum absolute atomic E-state index is 0.101. The molecule has 1 N–H and O–H groups in total. The lowest BCUT2D eigenvalue weighted by Crippen LogP contribution is -2.36. The van der Waals surface area contributed by atoms with Gasteiger partial charge in [-0.05, 0) is 24.8 Å². The quantitative estimate of drug-likeness (QED) is 0.683. The monoisotopic (exact) mass is 282 g/mol. The summed E-state index contributed by atoms with van der Waals surface area (Å²) < 4.78 is 0. The zero-order chi connectivity index (χ0) is 14.0. The van der Waals surface area contributed by atoms with Crippen molar-refractivity contribution in [2.45, 2.75) is 32.2 Å². The van der Waals surface area contributed by atoms with Crippen LogP contribution < -0.4 is 5.32 Å². The van der Waals surface area contributed by atoms with E-state index in [2.05, 4.69) is 12.2 Å². The molecule has 0 heterocycles. The third-order valence-electron chi connectivity index (χ3n) is 3.60. The third kappa shape index (κ3) is 2.87. The molecule has 2 unspecified atom stereocenters. The SMILES string of the molecule is CC1CCCC1NC(=O)c1cccc([N+](=O)[O-])c1Cl. The van der Waals surface area contributed by atoms with Crippen LogP contribution in [-0.4, -0.2) is 16.9 Å². The first-order valence-corrected chi connectivity index (χ1v) is 6.62. The zero-order valence-electron chi connectivity index (χ0n) is 10.6. The van der Waals surface area contributed by atoms with Gasteiger partial charge in [-0.2, -0.15) is 0 Å². The molecule has 19 heavy (non-hydrogen) atoms. The van der Waals surface area contributed by atoms with Gasteiger partial charge >= 0.3 is 0 Å². The molecule has 1 amide bonds. The van der Waals surface area contributed by atoms with E-state index < -0.39 is 4.92 Å². The largest absolute Gasteiger partial charge is 0.349 e. The van der Waals surface area contributed by atoms with E-state index in [0.29, 0.717) is 5.92 Å². The molecular weight excluding hydrogens is 268 g/mol. The molecule has 1 fully saturated rings. The number of halogens is 1. The van der Waals surface area contributed by atoms with Gasteiger partial charge in [0.05, 0.1) is 10.5 Å². The molecule has 102 valence electrons. The van der Waals surface area contributed by atoms with Crippen molar-refractivity contribution >= 4 is 23.2 Å². The number of nitrogens with zero attached hydrogens (tertiary/aromatic N) is 1. The van der Waals surface area contributed by atoms with Crippen LogP contribution in [0.25, 0.3) is 0 Å². The van der Waals surface area contributed by atoms with Crippen LogP contribution in [0.2, 0.25) is 5.02 Å². The van der Waals surface area contributed by atoms with Crippen molar-refractivity contribution < 1.29 is 9.72 Å². The molecule has 0 aromatic heterocycles. The fourth-order valence-electron chi connectivity index (χ4n) is 2.44. The molecule has 6 heteroatoms. The number of nitro benzene ring substituents is 1. The van der Waals surface area contributed by atoms with Crippen LogP contribution in [0.15, 0.2) is 18.2 Å². The topological polar surface area (TPSA) is 72.2 Å². The van der Waals surface area contributed by atoms with Crippen LogP contribution in [0.5, 0.6) is 0 Å². The van der Waals surface area contributed by atoms with Crippen LogP contribution >= 0.6 is 11.6 Å². The maximum Gasteiger partial charge on any atom is 0.288 e. The van der Waals surface area contributed by atoms with Gasteiger partial charge in [0.1, 0.15) is 5.02 Å². The molecule has 1 aromatic rings. The summed E-state index contributed by atoms with van der Waals surface area (Å²) in [5.74, 6) is 0.0915. The smallest absolute Gasteiger partial charge is 0.288 e. The second-order valence-electron chi connectivity index (χ2n) is 4.88. The molecule has 0 radical (unpaired) electrons. The highest BCUT2D eigenvalue weighted by Gasteiger charge is 2.27. The number of carbonyl (C=O) groups is 1. The van der Waals surface area contributed by atoms with Gasteiger partial charge in [-0.3, -0.25) is 14.9 Å². The molecule has 1 saturated carbocycles. The molecule has 2 atom stereocenters. The molecule has 2 rings (SSSR count). The Morgan fingerprint density at radius 2 is 2.21 bits per heavy atom. The minimum atomic E-state index is -0.586. The van der Waals surface area contributed by atoms with Crippen molar-refractivity contribution in [1.29, 1.82) is 0 Å². The van der Waals surface area contributed by atoms with Crippen LogP contribution in [0.3, 0.4) is 0 Å². The van der Waals surface area contributed by atoms with E-state index in [-0.39, 0.29) is 28.2 Å². The zero-order valence-corrected chi connectivity index (χ0v) is 11.3. The van der Waals surface area contributed by atoms with E-state index in [4.69, 9.17) is 11.6 Å². The van der Waals surface area contributed by atoms with Gasteiger partial charge in [0, 0.05) is 12.1 Å². The Hall–Kier alpha value is -1.62. The molecule has 0 aliphatic heterocycles. The number of amides is 1. The Bertz CT molecular complexity index is 519. The lowest BCUT2D eigenvalue weighted by atomic mass is 10.1. The predicted octanol–water partition coefficient (Wildman–Crippen LogP) is 3.17. The maximum absolute atomic E-state index is 12.1. The Morgan fingerprint density at radius 1 is 1.47 bits per heavy atom. The number of benzene rings is 1. The number of rotatable bonds is 3. The molecule has 1 aliphatic carbocycles. The van der Waals surface area contributed by atoms with Gasteiger partial charge in [0.2, 0.25) is 0 Å². The lowest BCUT2D eigenvalue weighted by molar-refractivity contribution is -0.384. The van der Waals surface area contributed by atoms with Crippen molar-refractivity contribution in [3.63, 3.8) is 0 Å². The second-order valence-corrected chi connectivity index (χ2v) is 5.26. The molecular formula is C13H15ClN2O3. The fraction of sp³-hybridized carbons (Fsp3) is 0.462. The van der Waals surface area contributed by atoms with Gasteiger partial charge in [0.15, 0.2) is 0 Å². The fourth-order valence-corrected chi connectivity index (χ4v) is 2.72. The predicted molar refractivity (Wildman–Crippen MR) is 72.4 cm³/mol. The molecule has 0 spiro atoms. The van der Waals surface area contributed by atoms with E-state index in [1.54, 1.807) is 0 Å². The van der Waals surface area contributed by atoms with Gasteiger partial charge in [-0.1, -0.05) is 31.0 Å². The Balaban J connectivity index is 2.19. The number of nitro groups is 1. The number of hydrogen-bond donors (Lipinski definition) is 1. The molecule has 0 saturated heterocycles. The standard InChI is InChI=1S/C13H15ClN2O3/c1-8-4-2-6-10(8)15-13(17)9-5-3-7-11(12(9)14)16(18)19/h3,5,7-8,10H,2,4,6H2,1H3,(H,15,17). The van der Waals surface area contributed by atoms with Gasteiger partial charge in [-0.15, -0.1) is 0 Å². The van der Waals surface area contributed by atoms with Crippen LogP contribution in [0, 0.1) is 16.0 Å². The first kappa shape index (κ1) is 13.8. The van der Waals surface area contributed by atoms with Crippen LogP contribution in [-0.2, 0) is 0 Å². The highest BCUT2D eigenvalue weighted by atomic mass is 35.5. The van der Waals surface area contributed by atoms with Crippen molar-refractivity contribution in [3.05, 3.63) is 38.9 Å². The highest BCUT2D eigenvalue weighted by molar-refractivity contribution is 6.35. The number of nitrogens with one attached hydrogen (secondary N) is 1. The summed E-state index contributed by atoms with van der Waals surface area (Å²) in [7, 11) is 0. The first-order chi connectivity index (χ1) is 9.00. The van der Waals surface area contributed by atoms with Crippen LogP contribution in [0.4, 0.5) is 5.69 Å². The van der Waals surface area contributed by atoms with Crippen LogP contribution in [0.1, 0.15) is 36.5 Å². The average molecular weight is 283 g/mol. The summed E-state index contributed by atoms with van der Waals surface area (Å²) in [4.78, 5) is 22.3. The Labute approximate surface area is 116 Å². The third-order valence-corrected chi connectivity index (χ3v) is 3.99. The Kier molecular flexibility index (Phi) is 4.04. The van der Waals surface area contributed by atoms with Crippen molar-refractivity contribution in [1.82, 2.24) is 5.32 Å². The molecule has 0 bridgehead atoms. The molecule has 1 aliphatic rings. The first-order valence-electron chi connectivity index (χ1n) is 6.24. The van der Waals surface area contributed by atoms with E-state index in [9.17, 15) is 14.9 Å². The molecule has 1 aromatic carbocycles. The van der Waals surface area contributed by atoms with Gasteiger partial charge in [-0.25, -0.2) is 0 Å². The summed E-state index contributed by atoms with van der Waals surface area (Å²) >= 11 is 5.92. The highest BCUT2D eigenvalue weighted by Crippen LogP contribution is 2.29. The van der Waals surface area contributed by atoms with E-state index in [0.717, 1.165) is 19.3 Å². The van der Waals surface area contributed by atoms with Gasteiger partial charge < -0.3 is 5.32 Å². The maximum atomic E-state index is 12.1. The summed E-state index contributed by atoms with van der Waals surface area (Å²) in [6, 6.07) is 4.39. The van der Waals surface area contributed by atoms with Crippen molar-refractivity contribution in [2.75, 3.05) is 0 Å². The van der Waals surface area contributed by atoms with Gasteiger partial charge in [0.25, 0.3) is 11.6 Å². The summed E-state index contributed by atoms with van der Waals surface area (Å²) in [5, 5.41) is 13.6. The lowest BCUT2D eigenvalue weighted by Gasteiger charge is -2.17. The molecule has 5 nitrogen and oxygen atoms in total. The Morgan fingerprint density at radius 3 is 2.79 bits per heavy atom. The average Bonchev–Trinajstić information content (AvgIpc) is 2.74. The van der Waals surface area contributed by atoms with E-state index >= 15 is 0 Å².